The lowest BCUT2D eigenvalue weighted by Gasteiger charge is -2.20. The standard InChI is InChI=1S/C23H26Cl2N2O3/c1-16(28)27-12-5-6-17(11-13-27)23(29)26-21-7-3-2-4-8-22(21)30-20-10-9-18(24)14-19(25)15-20/h2-4,7,9-10,14-15,17,20H,5-6,8,11-13H2,1H3,(H,26,29). The zero-order chi connectivity index (χ0) is 21.5. The Balaban J connectivity index is 1.72. The van der Waals surface area contributed by atoms with Crippen molar-refractivity contribution >= 4 is 35.0 Å². The highest BCUT2D eigenvalue weighted by Gasteiger charge is 2.25. The van der Waals surface area contributed by atoms with E-state index in [2.05, 4.69) is 5.32 Å². The predicted octanol–water partition coefficient (Wildman–Crippen LogP) is 4.68. The maximum absolute atomic E-state index is 13.0. The normalized spacial score (nSPS) is 24.4. The molecule has 7 heteroatoms. The van der Waals surface area contributed by atoms with Gasteiger partial charge in [0.2, 0.25) is 11.8 Å². The van der Waals surface area contributed by atoms with Gasteiger partial charge in [-0.1, -0.05) is 41.4 Å². The number of carbonyl (C=O) groups excluding carboxylic acids is 2. The quantitative estimate of drug-likeness (QED) is 0.678. The molecule has 30 heavy (non-hydrogen) atoms. The minimum absolute atomic E-state index is 0.0438. The summed E-state index contributed by atoms with van der Waals surface area (Å²) in [5.41, 5.74) is 0.638. The number of nitrogens with one attached hydrogen (secondary N) is 1. The summed E-state index contributed by atoms with van der Waals surface area (Å²) in [5, 5.41) is 4.07. The van der Waals surface area contributed by atoms with Gasteiger partial charge in [0.25, 0.3) is 0 Å². The maximum atomic E-state index is 13.0. The molecule has 0 aromatic rings. The number of halogens is 2. The molecule has 3 rings (SSSR count). The third-order valence-electron chi connectivity index (χ3n) is 5.24. The smallest absolute Gasteiger partial charge is 0.227 e. The van der Waals surface area contributed by atoms with Gasteiger partial charge in [0.15, 0.2) is 0 Å². The largest absolute Gasteiger partial charge is 0.484 e. The third-order valence-corrected chi connectivity index (χ3v) is 5.71. The number of carbonyl (C=O) groups is 2. The van der Waals surface area contributed by atoms with Gasteiger partial charge in [0, 0.05) is 42.4 Å². The number of likely N-dealkylation sites (tertiary alicyclic amines) is 1. The van der Waals surface area contributed by atoms with E-state index < -0.39 is 6.10 Å². The Morgan fingerprint density at radius 1 is 1.13 bits per heavy atom. The molecule has 0 aromatic carbocycles. The molecule has 0 bridgehead atoms. The molecule has 2 unspecified atom stereocenters. The van der Waals surface area contributed by atoms with Crippen LogP contribution in [0.4, 0.5) is 0 Å². The molecule has 160 valence electrons. The van der Waals surface area contributed by atoms with Crippen LogP contribution in [0.5, 0.6) is 0 Å². The first kappa shape index (κ1) is 22.4. The summed E-state index contributed by atoms with van der Waals surface area (Å²) in [5.74, 6) is 0.534. The van der Waals surface area contributed by atoms with Crippen LogP contribution >= 0.6 is 23.2 Å². The van der Waals surface area contributed by atoms with Crippen molar-refractivity contribution in [2.24, 2.45) is 5.92 Å². The van der Waals surface area contributed by atoms with Gasteiger partial charge in [-0.05, 0) is 49.6 Å². The Kier molecular flexibility index (Phi) is 8.00. The average molecular weight is 449 g/mol. The molecule has 1 aliphatic heterocycles. The van der Waals surface area contributed by atoms with E-state index >= 15 is 0 Å². The van der Waals surface area contributed by atoms with Crippen LogP contribution in [0.15, 0.2) is 70.1 Å². The second-order valence-electron chi connectivity index (χ2n) is 7.47. The molecule has 2 amide bonds. The van der Waals surface area contributed by atoms with Crippen LogP contribution in [-0.4, -0.2) is 35.9 Å². The SMILES string of the molecule is CC(=O)N1CCCC(C(=O)NC2=C(OC3C=CC(Cl)=CC(Cl)=C3)CC=CC=C2)CC1. The average Bonchev–Trinajstić information content (AvgIpc) is 3.13. The number of ether oxygens (including phenoxy) is 1. The van der Waals surface area contributed by atoms with E-state index in [-0.39, 0.29) is 17.7 Å². The number of amides is 2. The van der Waals surface area contributed by atoms with E-state index in [4.69, 9.17) is 27.9 Å². The van der Waals surface area contributed by atoms with E-state index in [0.717, 1.165) is 12.8 Å². The molecule has 1 saturated heterocycles. The van der Waals surface area contributed by atoms with Crippen molar-refractivity contribution in [3.63, 3.8) is 0 Å². The summed E-state index contributed by atoms with van der Waals surface area (Å²) in [6, 6.07) is 0. The Bertz CT molecular complexity index is 868. The highest BCUT2D eigenvalue weighted by Crippen LogP contribution is 2.24. The van der Waals surface area contributed by atoms with Crippen LogP contribution in [0.2, 0.25) is 0 Å². The number of nitrogens with zero attached hydrogens (tertiary/aromatic N) is 1. The van der Waals surface area contributed by atoms with E-state index in [1.54, 1.807) is 25.2 Å². The van der Waals surface area contributed by atoms with Gasteiger partial charge < -0.3 is 15.0 Å². The van der Waals surface area contributed by atoms with Gasteiger partial charge in [-0.2, -0.15) is 0 Å². The fraction of sp³-hybridized carbons (Fsp3) is 0.391. The number of hydrogen-bond donors (Lipinski definition) is 1. The first-order valence-corrected chi connectivity index (χ1v) is 10.9. The van der Waals surface area contributed by atoms with Crippen molar-refractivity contribution in [3.05, 3.63) is 70.1 Å². The minimum atomic E-state index is -0.395. The summed E-state index contributed by atoms with van der Waals surface area (Å²) in [6.45, 7) is 2.89. The molecule has 0 aromatic heterocycles. The zero-order valence-corrected chi connectivity index (χ0v) is 18.5. The highest BCUT2D eigenvalue weighted by atomic mass is 35.5. The number of allylic oxidation sites excluding steroid dienone is 8. The van der Waals surface area contributed by atoms with Gasteiger partial charge in [-0.15, -0.1) is 0 Å². The summed E-state index contributed by atoms with van der Waals surface area (Å²) >= 11 is 12.2. The molecular formula is C23H26Cl2N2O3. The molecule has 2 atom stereocenters. The summed E-state index contributed by atoms with van der Waals surface area (Å²) < 4.78 is 6.15. The van der Waals surface area contributed by atoms with Gasteiger partial charge in [0.05, 0.1) is 5.70 Å². The van der Waals surface area contributed by atoms with Crippen molar-refractivity contribution in [2.75, 3.05) is 13.1 Å². The molecule has 5 nitrogen and oxygen atoms in total. The molecule has 1 N–H and O–H groups in total. The lowest BCUT2D eigenvalue weighted by molar-refractivity contribution is -0.129. The molecule has 0 radical (unpaired) electrons. The second kappa shape index (κ2) is 10.7. The fourth-order valence-electron chi connectivity index (χ4n) is 3.60. The van der Waals surface area contributed by atoms with Crippen LogP contribution < -0.4 is 5.32 Å². The monoisotopic (exact) mass is 448 g/mol. The highest BCUT2D eigenvalue weighted by molar-refractivity contribution is 6.35. The van der Waals surface area contributed by atoms with Crippen molar-refractivity contribution in [1.29, 1.82) is 0 Å². The van der Waals surface area contributed by atoms with Crippen molar-refractivity contribution in [3.8, 4) is 0 Å². The molecule has 0 saturated carbocycles. The second-order valence-corrected chi connectivity index (χ2v) is 8.35. The Morgan fingerprint density at radius 3 is 2.77 bits per heavy atom. The van der Waals surface area contributed by atoms with Gasteiger partial charge >= 0.3 is 0 Å². The molecule has 2 aliphatic carbocycles. The molecule has 0 spiro atoms. The molecular weight excluding hydrogens is 423 g/mol. The number of rotatable bonds is 4. The van der Waals surface area contributed by atoms with Crippen LogP contribution in [0.1, 0.15) is 32.6 Å². The molecule has 1 heterocycles. The van der Waals surface area contributed by atoms with Gasteiger partial charge in [-0.25, -0.2) is 0 Å². The zero-order valence-electron chi connectivity index (χ0n) is 16.9. The van der Waals surface area contributed by atoms with E-state index in [1.165, 1.54) is 0 Å². The van der Waals surface area contributed by atoms with E-state index in [9.17, 15) is 9.59 Å². The fourth-order valence-corrected chi connectivity index (χ4v) is 4.09. The topological polar surface area (TPSA) is 58.6 Å². The Labute approximate surface area is 187 Å². The number of hydrogen-bond acceptors (Lipinski definition) is 3. The van der Waals surface area contributed by atoms with Crippen LogP contribution in [0.25, 0.3) is 0 Å². The van der Waals surface area contributed by atoms with Crippen LogP contribution in [0.3, 0.4) is 0 Å². The van der Waals surface area contributed by atoms with Crippen molar-refractivity contribution < 1.29 is 14.3 Å². The van der Waals surface area contributed by atoms with Crippen LogP contribution in [-0.2, 0) is 14.3 Å². The van der Waals surface area contributed by atoms with Gasteiger partial charge in [0.1, 0.15) is 11.9 Å². The van der Waals surface area contributed by atoms with E-state index in [0.29, 0.717) is 47.5 Å². The Morgan fingerprint density at radius 2 is 1.97 bits per heavy atom. The predicted molar refractivity (Wildman–Crippen MR) is 120 cm³/mol. The molecule has 1 fully saturated rings. The van der Waals surface area contributed by atoms with E-state index in [1.807, 2.05) is 35.3 Å². The van der Waals surface area contributed by atoms with Crippen LogP contribution in [0, 0.1) is 5.92 Å². The van der Waals surface area contributed by atoms with Gasteiger partial charge in [-0.3, -0.25) is 9.59 Å². The lowest BCUT2D eigenvalue weighted by atomic mass is 9.99. The third kappa shape index (κ3) is 6.38. The minimum Gasteiger partial charge on any atom is -0.484 e. The van der Waals surface area contributed by atoms with Crippen molar-refractivity contribution in [2.45, 2.75) is 38.7 Å². The summed E-state index contributed by atoms with van der Waals surface area (Å²) in [7, 11) is 0. The lowest BCUT2D eigenvalue weighted by Crippen LogP contribution is -2.33. The first-order valence-electron chi connectivity index (χ1n) is 10.1. The first-order chi connectivity index (χ1) is 14.4. The maximum Gasteiger partial charge on any atom is 0.227 e. The summed E-state index contributed by atoms with van der Waals surface area (Å²) in [6.07, 6.45) is 17.0. The summed E-state index contributed by atoms with van der Waals surface area (Å²) in [4.78, 5) is 26.4. The molecule has 3 aliphatic rings. The Hall–Kier alpha value is -2.24. The van der Waals surface area contributed by atoms with Crippen molar-refractivity contribution in [1.82, 2.24) is 10.2 Å².